The number of β-amino-alcohol motifs (C(OH)–C–C–N with tert-alkyl or cyclic N) is 1. The molecule has 17 heavy (non-hydrogen) atoms. The van der Waals surface area contributed by atoms with E-state index in [0.29, 0.717) is 12.8 Å². The van der Waals surface area contributed by atoms with Crippen molar-refractivity contribution in [1.82, 2.24) is 4.90 Å². The number of carbonyl (C=O) groups excluding carboxylic acids is 1. The van der Waals surface area contributed by atoms with Crippen molar-refractivity contribution in [2.24, 2.45) is 0 Å². The van der Waals surface area contributed by atoms with Crippen molar-refractivity contribution >= 4 is 11.9 Å². The van der Waals surface area contributed by atoms with Gasteiger partial charge >= 0.3 is 5.97 Å². The van der Waals surface area contributed by atoms with E-state index < -0.39 is 18.1 Å². The highest BCUT2D eigenvalue weighted by Gasteiger charge is 2.38. The van der Waals surface area contributed by atoms with Crippen LogP contribution in [0.15, 0.2) is 23.8 Å². The predicted molar refractivity (Wildman–Crippen MR) is 60.2 cm³/mol. The molecule has 0 aromatic carbocycles. The predicted octanol–water partition coefficient (Wildman–Crippen LogP) is 0.309. The van der Waals surface area contributed by atoms with Crippen LogP contribution in [-0.2, 0) is 9.59 Å². The summed E-state index contributed by atoms with van der Waals surface area (Å²) in [6.45, 7) is 0.108. The van der Waals surface area contributed by atoms with Gasteiger partial charge in [0.25, 0.3) is 0 Å². The van der Waals surface area contributed by atoms with Crippen LogP contribution in [0.25, 0.3) is 0 Å². The monoisotopic (exact) mass is 237 g/mol. The van der Waals surface area contributed by atoms with Gasteiger partial charge in [-0.3, -0.25) is 4.79 Å². The molecule has 1 aliphatic heterocycles. The van der Waals surface area contributed by atoms with Crippen LogP contribution in [0.5, 0.6) is 0 Å². The van der Waals surface area contributed by atoms with Gasteiger partial charge in [-0.05, 0) is 18.4 Å². The van der Waals surface area contributed by atoms with E-state index in [9.17, 15) is 19.8 Å². The summed E-state index contributed by atoms with van der Waals surface area (Å²) in [7, 11) is 0. The van der Waals surface area contributed by atoms with Crippen molar-refractivity contribution in [2.45, 2.75) is 31.4 Å². The first-order valence-corrected chi connectivity index (χ1v) is 5.64. The number of rotatable bonds is 3. The van der Waals surface area contributed by atoms with Crippen molar-refractivity contribution in [1.29, 1.82) is 0 Å². The van der Waals surface area contributed by atoms with E-state index in [4.69, 9.17) is 0 Å². The van der Waals surface area contributed by atoms with Crippen molar-refractivity contribution in [3.63, 3.8) is 0 Å². The van der Waals surface area contributed by atoms with E-state index in [1.54, 1.807) is 0 Å². The number of carboxylic acids is 1. The molecule has 1 heterocycles. The van der Waals surface area contributed by atoms with Crippen LogP contribution in [0, 0.1) is 0 Å². The Morgan fingerprint density at radius 2 is 2.24 bits per heavy atom. The SMILES string of the molecule is O=C(O)[C@@H](C1=CCC=CC1)N1CC(O)CC1=O. The number of carboxylic acid groups (broad SMARTS) is 1. The van der Waals surface area contributed by atoms with Crippen molar-refractivity contribution in [3.05, 3.63) is 23.8 Å². The Labute approximate surface area is 99.0 Å². The van der Waals surface area contributed by atoms with Gasteiger partial charge in [0, 0.05) is 6.54 Å². The van der Waals surface area contributed by atoms with Crippen LogP contribution in [-0.4, -0.2) is 45.7 Å². The van der Waals surface area contributed by atoms with Crippen LogP contribution in [0.3, 0.4) is 0 Å². The van der Waals surface area contributed by atoms with E-state index in [1.165, 1.54) is 4.90 Å². The van der Waals surface area contributed by atoms with Crippen LogP contribution in [0.4, 0.5) is 0 Å². The van der Waals surface area contributed by atoms with Gasteiger partial charge in [0.1, 0.15) is 0 Å². The Kier molecular flexibility index (Phi) is 3.28. The minimum absolute atomic E-state index is 0.0207. The topological polar surface area (TPSA) is 77.8 Å². The molecule has 1 saturated heterocycles. The van der Waals surface area contributed by atoms with Gasteiger partial charge in [-0.15, -0.1) is 0 Å². The normalized spacial score (nSPS) is 25.9. The van der Waals surface area contributed by atoms with Gasteiger partial charge in [0.2, 0.25) is 5.91 Å². The van der Waals surface area contributed by atoms with Gasteiger partial charge in [-0.25, -0.2) is 4.79 Å². The summed E-state index contributed by atoms with van der Waals surface area (Å²) in [5.41, 5.74) is 0.724. The molecule has 1 unspecified atom stereocenters. The van der Waals surface area contributed by atoms with E-state index in [0.717, 1.165) is 5.57 Å². The molecule has 0 bridgehead atoms. The lowest BCUT2D eigenvalue weighted by atomic mass is 9.97. The largest absolute Gasteiger partial charge is 0.479 e. The van der Waals surface area contributed by atoms with Gasteiger partial charge in [-0.1, -0.05) is 18.2 Å². The lowest BCUT2D eigenvalue weighted by molar-refractivity contribution is -0.146. The lowest BCUT2D eigenvalue weighted by Gasteiger charge is -2.27. The van der Waals surface area contributed by atoms with Crippen molar-refractivity contribution in [2.75, 3.05) is 6.54 Å². The number of aliphatic carboxylic acids is 1. The van der Waals surface area contributed by atoms with Gasteiger partial charge in [-0.2, -0.15) is 0 Å². The maximum atomic E-state index is 11.6. The average molecular weight is 237 g/mol. The Balaban J connectivity index is 2.20. The summed E-state index contributed by atoms with van der Waals surface area (Å²) in [6.07, 6.45) is 6.24. The maximum Gasteiger partial charge on any atom is 0.330 e. The second kappa shape index (κ2) is 4.71. The third-order valence-corrected chi connectivity index (χ3v) is 3.07. The highest BCUT2D eigenvalue weighted by atomic mass is 16.4. The Morgan fingerprint density at radius 3 is 2.71 bits per heavy atom. The van der Waals surface area contributed by atoms with Crippen LogP contribution in [0.1, 0.15) is 19.3 Å². The summed E-state index contributed by atoms with van der Waals surface area (Å²) in [5.74, 6) is -1.32. The number of hydrogen-bond acceptors (Lipinski definition) is 3. The summed E-state index contributed by atoms with van der Waals surface area (Å²) in [5, 5.41) is 18.7. The van der Waals surface area contributed by atoms with E-state index >= 15 is 0 Å². The molecule has 2 atom stereocenters. The Morgan fingerprint density at radius 1 is 1.47 bits per heavy atom. The number of likely N-dealkylation sites (tertiary alicyclic amines) is 1. The number of aliphatic hydroxyl groups is 1. The van der Waals surface area contributed by atoms with E-state index in [-0.39, 0.29) is 18.9 Å². The Hall–Kier alpha value is -1.62. The minimum atomic E-state index is -1.03. The highest BCUT2D eigenvalue weighted by molar-refractivity contribution is 5.87. The highest BCUT2D eigenvalue weighted by Crippen LogP contribution is 2.24. The van der Waals surface area contributed by atoms with E-state index in [1.807, 2.05) is 18.2 Å². The van der Waals surface area contributed by atoms with Crippen molar-refractivity contribution < 1.29 is 19.8 Å². The maximum absolute atomic E-state index is 11.6. The number of aliphatic hydroxyl groups excluding tert-OH is 1. The Bertz CT molecular complexity index is 399. The zero-order valence-corrected chi connectivity index (χ0v) is 9.37. The lowest BCUT2D eigenvalue weighted by Crippen LogP contribution is -2.44. The zero-order chi connectivity index (χ0) is 12.4. The second-order valence-electron chi connectivity index (χ2n) is 4.34. The van der Waals surface area contributed by atoms with Crippen LogP contribution < -0.4 is 0 Å². The summed E-state index contributed by atoms with van der Waals surface area (Å²) in [6, 6.07) is -0.926. The molecule has 0 aromatic rings. The van der Waals surface area contributed by atoms with Crippen LogP contribution >= 0.6 is 0 Å². The molecule has 5 nitrogen and oxygen atoms in total. The minimum Gasteiger partial charge on any atom is -0.479 e. The first kappa shape index (κ1) is 11.9. The summed E-state index contributed by atoms with van der Waals surface area (Å²) < 4.78 is 0. The molecule has 2 aliphatic rings. The molecule has 0 aromatic heterocycles. The standard InChI is InChI=1S/C12H15NO4/c14-9-6-10(15)13(7-9)11(12(16)17)8-4-2-1-3-5-8/h1-2,5,9,11,14H,3-4,6-7H2,(H,16,17)/t9?,11-/m1/s1. The molecule has 0 saturated carbocycles. The number of amides is 1. The molecule has 5 heteroatoms. The molecule has 0 radical (unpaired) electrons. The first-order valence-electron chi connectivity index (χ1n) is 5.64. The second-order valence-corrected chi connectivity index (χ2v) is 4.34. The molecular formula is C12H15NO4. The number of hydrogen-bond donors (Lipinski definition) is 2. The smallest absolute Gasteiger partial charge is 0.330 e. The fraction of sp³-hybridized carbons (Fsp3) is 0.500. The fourth-order valence-corrected chi connectivity index (χ4v) is 2.30. The van der Waals surface area contributed by atoms with E-state index in [2.05, 4.69) is 0 Å². The third-order valence-electron chi connectivity index (χ3n) is 3.07. The number of carbonyl (C=O) groups is 2. The average Bonchev–Trinajstić information content (AvgIpc) is 2.59. The molecule has 0 spiro atoms. The molecule has 2 rings (SSSR count). The zero-order valence-electron chi connectivity index (χ0n) is 9.37. The molecule has 2 N–H and O–H groups in total. The molecule has 1 aliphatic carbocycles. The molecule has 92 valence electrons. The number of allylic oxidation sites excluding steroid dienone is 3. The number of nitrogens with zero attached hydrogens (tertiary/aromatic N) is 1. The molecule has 1 fully saturated rings. The summed E-state index contributed by atoms with van der Waals surface area (Å²) >= 11 is 0. The van der Waals surface area contributed by atoms with Gasteiger partial charge in [0.15, 0.2) is 6.04 Å². The molecule has 1 amide bonds. The molecular weight excluding hydrogens is 222 g/mol. The van der Waals surface area contributed by atoms with Gasteiger partial charge < -0.3 is 15.1 Å². The first-order chi connectivity index (χ1) is 8.09. The quantitative estimate of drug-likeness (QED) is 0.692. The fourth-order valence-electron chi connectivity index (χ4n) is 2.30. The summed E-state index contributed by atoms with van der Waals surface area (Å²) in [4.78, 5) is 24.2. The van der Waals surface area contributed by atoms with Gasteiger partial charge in [0.05, 0.1) is 12.5 Å². The van der Waals surface area contributed by atoms with Crippen molar-refractivity contribution in [3.8, 4) is 0 Å². The third kappa shape index (κ3) is 2.39. The van der Waals surface area contributed by atoms with Crippen LogP contribution in [0.2, 0.25) is 0 Å².